The highest BCUT2D eigenvalue weighted by atomic mass is 32.2. The Morgan fingerprint density at radius 1 is 1.19 bits per heavy atom. The number of aryl methyl sites for hydroxylation is 1. The van der Waals surface area contributed by atoms with Gasteiger partial charge >= 0.3 is 11.9 Å². The van der Waals surface area contributed by atoms with Gasteiger partial charge in [-0.05, 0) is 32.4 Å². The number of ether oxygens (including phenoxy) is 2. The number of fused-ring (bicyclic) bond motifs is 1. The van der Waals surface area contributed by atoms with Crippen molar-refractivity contribution < 1.29 is 19.1 Å². The molecule has 0 amide bonds. The molecule has 0 N–H and O–H groups in total. The highest BCUT2D eigenvalue weighted by Crippen LogP contribution is 2.42. The average Bonchev–Trinajstić information content (AvgIpc) is 2.47. The van der Waals surface area contributed by atoms with E-state index in [2.05, 4.69) is 6.07 Å². The highest BCUT2D eigenvalue weighted by molar-refractivity contribution is 7.99. The number of carbonyl (C=O) groups excluding carboxylic acids is 2. The molecule has 114 valence electrons. The van der Waals surface area contributed by atoms with E-state index in [1.165, 1.54) is 17.3 Å². The fourth-order valence-electron chi connectivity index (χ4n) is 2.40. The molecule has 2 rings (SSSR count). The van der Waals surface area contributed by atoms with E-state index < -0.39 is 17.4 Å². The third-order valence-corrected chi connectivity index (χ3v) is 4.85. The Bertz CT molecular complexity index is 535. The van der Waals surface area contributed by atoms with Crippen molar-refractivity contribution in [2.45, 2.75) is 32.1 Å². The summed E-state index contributed by atoms with van der Waals surface area (Å²) in [5, 5.41) is 0. The maximum Gasteiger partial charge on any atom is 0.324 e. The van der Waals surface area contributed by atoms with Crippen LogP contribution >= 0.6 is 11.8 Å². The maximum absolute atomic E-state index is 12.4. The second kappa shape index (κ2) is 6.52. The number of carbonyl (C=O) groups is 2. The summed E-state index contributed by atoms with van der Waals surface area (Å²) in [5.74, 6) is -0.606. The Kier molecular flexibility index (Phi) is 4.93. The zero-order valence-corrected chi connectivity index (χ0v) is 13.4. The molecule has 0 saturated carbocycles. The smallest absolute Gasteiger partial charge is 0.324 e. The van der Waals surface area contributed by atoms with Gasteiger partial charge in [0, 0.05) is 17.1 Å². The second-order valence-corrected chi connectivity index (χ2v) is 6.12. The Hall–Kier alpha value is -1.49. The van der Waals surface area contributed by atoms with Crippen molar-refractivity contribution in [3.8, 4) is 0 Å². The van der Waals surface area contributed by atoms with Crippen LogP contribution in [0, 0.1) is 12.3 Å². The molecule has 4 nitrogen and oxygen atoms in total. The first kappa shape index (κ1) is 15.9. The topological polar surface area (TPSA) is 52.6 Å². The van der Waals surface area contributed by atoms with Gasteiger partial charge in [-0.3, -0.25) is 9.59 Å². The molecule has 1 aliphatic rings. The highest BCUT2D eigenvalue weighted by Gasteiger charge is 2.51. The lowest BCUT2D eigenvalue weighted by molar-refractivity contribution is -0.170. The number of benzene rings is 1. The quantitative estimate of drug-likeness (QED) is 0.632. The number of hydrogen-bond donors (Lipinski definition) is 0. The van der Waals surface area contributed by atoms with Crippen molar-refractivity contribution in [2.75, 3.05) is 19.0 Å². The van der Waals surface area contributed by atoms with Gasteiger partial charge in [0.15, 0.2) is 5.41 Å². The lowest BCUT2D eigenvalue weighted by Crippen LogP contribution is -2.47. The molecule has 1 aromatic carbocycles. The number of rotatable bonds is 4. The van der Waals surface area contributed by atoms with Gasteiger partial charge in [0.1, 0.15) is 0 Å². The number of hydrogen-bond acceptors (Lipinski definition) is 5. The summed E-state index contributed by atoms with van der Waals surface area (Å²) in [6, 6.07) is 6.05. The third kappa shape index (κ3) is 3.07. The molecule has 0 aliphatic carbocycles. The predicted molar refractivity (Wildman–Crippen MR) is 81.3 cm³/mol. The molecule has 1 aromatic rings. The third-order valence-electron chi connectivity index (χ3n) is 3.52. The summed E-state index contributed by atoms with van der Waals surface area (Å²) in [7, 11) is 0. The van der Waals surface area contributed by atoms with Crippen molar-refractivity contribution in [3.63, 3.8) is 0 Å². The normalized spacial score (nSPS) is 16.0. The molecule has 1 aliphatic heterocycles. The van der Waals surface area contributed by atoms with E-state index in [9.17, 15) is 9.59 Å². The van der Waals surface area contributed by atoms with Gasteiger partial charge in [-0.15, -0.1) is 11.8 Å². The van der Waals surface area contributed by atoms with Gasteiger partial charge < -0.3 is 9.47 Å². The van der Waals surface area contributed by atoms with Gasteiger partial charge in [0.05, 0.1) is 13.2 Å². The zero-order valence-electron chi connectivity index (χ0n) is 12.6. The maximum atomic E-state index is 12.4. The molecule has 0 atom stereocenters. The molecule has 5 heteroatoms. The van der Waals surface area contributed by atoms with E-state index in [1.807, 2.05) is 19.1 Å². The molecular formula is C16H20O4S. The van der Waals surface area contributed by atoms with E-state index in [0.717, 1.165) is 10.5 Å². The van der Waals surface area contributed by atoms with Crippen LogP contribution in [0.1, 0.15) is 25.0 Å². The van der Waals surface area contributed by atoms with Crippen molar-refractivity contribution >= 4 is 23.7 Å². The van der Waals surface area contributed by atoms with E-state index in [-0.39, 0.29) is 13.2 Å². The summed E-state index contributed by atoms with van der Waals surface area (Å²) < 4.78 is 10.3. The van der Waals surface area contributed by atoms with Gasteiger partial charge in [-0.25, -0.2) is 0 Å². The zero-order chi connectivity index (χ0) is 15.5. The van der Waals surface area contributed by atoms with Crippen LogP contribution in [-0.4, -0.2) is 30.9 Å². The Balaban J connectivity index is 2.37. The SMILES string of the molecule is CCOC(=O)C1(C(=O)OCC)CSc2cc(C)ccc2C1. The van der Waals surface area contributed by atoms with Crippen LogP contribution in [0.15, 0.2) is 23.1 Å². The molecule has 0 bridgehead atoms. The van der Waals surface area contributed by atoms with Crippen LogP contribution in [0.5, 0.6) is 0 Å². The molecule has 0 spiro atoms. The van der Waals surface area contributed by atoms with E-state index in [4.69, 9.17) is 9.47 Å². The van der Waals surface area contributed by atoms with Gasteiger partial charge in [0.25, 0.3) is 0 Å². The minimum atomic E-state index is -1.22. The molecule has 0 saturated heterocycles. The Labute approximate surface area is 129 Å². The second-order valence-electron chi connectivity index (χ2n) is 5.10. The van der Waals surface area contributed by atoms with Crippen LogP contribution in [0.25, 0.3) is 0 Å². The van der Waals surface area contributed by atoms with Crippen molar-refractivity contribution in [1.82, 2.24) is 0 Å². The molecule has 0 unspecified atom stereocenters. The molecule has 0 aromatic heterocycles. The first-order valence-electron chi connectivity index (χ1n) is 7.10. The van der Waals surface area contributed by atoms with E-state index in [1.54, 1.807) is 13.8 Å². The first-order chi connectivity index (χ1) is 10.0. The van der Waals surface area contributed by atoms with E-state index in [0.29, 0.717) is 12.2 Å². The lowest BCUT2D eigenvalue weighted by atomic mass is 9.82. The van der Waals surface area contributed by atoms with Crippen LogP contribution in [0.4, 0.5) is 0 Å². The minimum Gasteiger partial charge on any atom is -0.465 e. The summed E-state index contributed by atoms with van der Waals surface area (Å²) >= 11 is 1.52. The monoisotopic (exact) mass is 308 g/mol. The largest absolute Gasteiger partial charge is 0.465 e. The summed E-state index contributed by atoms with van der Waals surface area (Å²) in [5.41, 5.74) is 0.942. The molecule has 0 radical (unpaired) electrons. The van der Waals surface area contributed by atoms with Crippen LogP contribution in [0.3, 0.4) is 0 Å². The summed E-state index contributed by atoms with van der Waals surface area (Å²) in [6.07, 6.45) is 0.341. The molecule has 0 fully saturated rings. The van der Waals surface area contributed by atoms with Crippen molar-refractivity contribution in [1.29, 1.82) is 0 Å². The number of thioether (sulfide) groups is 1. The van der Waals surface area contributed by atoms with Crippen LogP contribution < -0.4 is 0 Å². The van der Waals surface area contributed by atoms with Gasteiger partial charge in [0.2, 0.25) is 0 Å². The van der Waals surface area contributed by atoms with Gasteiger partial charge in [-0.2, -0.15) is 0 Å². The summed E-state index contributed by atoms with van der Waals surface area (Å²) in [4.78, 5) is 25.9. The molecule has 1 heterocycles. The molecule has 21 heavy (non-hydrogen) atoms. The molecular weight excluding hydrogens is 288 g/mol. The lowest BCUT2D eigenvalue weighted by Gasteiger charge is -2.33. The fourth-order valence-corrected chi connectivity index (χ4v) is 3.74. The Morgan fingerprint density at radius 3 is 2.38 bits per heavy atom. The van der Waals surface area contributed by atoms with Crippen LogP contribution in [0.2, 0.25) is 0 Å². The Morgan fingerprint density at radius 2 is 1.81 bits per heavy atom. The van der Waals surface area contributed by atoms with Crippen LogP contribution in [-0.2, 0) is 25.5 Å². The summed E-state index contributed by atoms with van der Waals surface area (Å²) in [6.45, 7) is 6.02. The first-order valence-corrected chi connectivity index (χ1v) is 8.09. The predicted octanol–water partition coefficient (Wildman–Crippen LogP) is 2.76. The van der Waals surface area contributed by atoms with Crippen molar-refractivity contribution in [2.24, 2.45) is 5.41 Å². The van der Waals surface area contributed by atoms with E-state index >= 15 is 0 Å². The van der Waals surface area contributed by atoms with Crippen molar-refractivity contribution in [3.05, 3.63) is 29.3 Å². The average molecular weight is 308 g/mol. The fraction of sp³-hybridized carbons (Fsp3) is 0.500. The minimum absolute atomic E-state index is 0.255. The standard InChI is InChI=1S/C16H20O4S/c1-4-19-14(17)16(15(18)20-5-2)9-12-7-6-11(3)8-13(12)21-10-16/h6-8H,4-5,9-10H2,1-3H3. The van der Waals surface area contributed by atoms with Gasteiger partial charge in [-0.1, -0.05) is 17.7 Å². The number of esters is 2.